The summed E-state index contributed by atoms with van der Waals surface area (Å²) in [5.74, 6) is -1.25. The van der Waals surface area contributed by atoms with Crippen molar-refractivity contribution < 1.29 is 21.6 Å². The predicted octanol–water partition coefficient (Wildman–Crippen LogP) is 3.62. The molecule has 118 valence electrons. The van der Waals surface area contributed by atoms with Crippen LogP contribution in [-0.2, 0) is 9.84 Å². The number of rotatable bonds is 3. The molecule has 0 saturated heterocycles. The number of benzene rings is 1. The number of hydrogen-bond acceptors (Lipinski definition) is 3. The summed E-state index contributed by atoms with van der Waals surface area (Å²) in [7, 11) is -3.26. The molecule has 1 aromatic carbocycles. The third-order valence-corrected chi connectivity index (χ3v) is 4.92. The lowest BCUT2D eigenvalue weighted by molar-refractivity contribution is -0.182. The molecule has 3 nitrogen and oxygen atoms in total. The molecule has 1 aliphatic carbocycles. The summed E-state index contributed by atoms with van der Waals surface area (Å²) in [6.07, 6.45) is -1.53. The SMILES string of the molecule is CS(=O)(=O)c1ccc(NC2CCCC(C(F)(F)F)C2)cc1. The molecule has 0 bridgehead atoms. The summed E-state index contributed by atoms with van der Waals surface area (Å²) in [5, 5.41) is 3.07. The summed E-state index contributed by atoms with van der Waals surface area (Å²) in [5.41, 5.74) is 0.648. The van der Waals surface area contributed by atoms with E-state index in [1.54, 1.807) is 12.1 Å². The lowest BCUT2D eigenvalue weighted by atomic mass is 9.85. The van der Waals surface area contributed by atoms with E-state index >= 15 is 0 Å². The maximum atomic E-state index is 12.7. The summed E-state index contributed by atoms with van der Waals surface area (Å²) in [6.45, 7) is 0. The van der Waals surface area contributed by atoms with Gasteiger partial charge in [-0.3, -0.25) is 0 Å². The highest BCUT2D eigenvalue weighted by atomic mass is 32.2. The Morgan fingerprint density at radius 2 is 1.76 bits per heavy atom. The zero-order valence-electron chi connectivity index (χ0n) is 11.7. The van der Waals surface area contributed by atoms with Gasteiger partial charge in [0.1, 0.15) is 0 Å². The lowest BCUT2D eigenvalue weighted by Gasteiger charge is -2.31. The van der Waals surface area contributed by atoms with Gasteiger partial charge < -0.3 is 5.32 Å². The van der Waals surface area contributed by atoms with Gasteiger partial charge in [-0.1, -0.05) is 6.42 Å². The van der Waals surface area contributed by atoms with E-state index in [9.17, 15) is 21.6 Å². The molecular formula is C14H18F3NO2S. The Balaban J connectivity index is 2.01. The maximum Gasteiger partial charge on any atom is 0.391 e. The van der Waals surface area contributed by atoms with Crippen molar-refractivity contribution in [2.45, 2.75) is 42.8 Å². The third kappa shape index (κ3) is 4.36. The van der Waals surface area contributed by atoms with Crippen molar-refractivity contribution in [1.82, 2.24) is 0 Å². The van der Waals surface area contributed by atoms with Gasteiger partial charge in [0.25, 0.3) is 0 Å². The zero-order chi connectivity index (χ0) is 15.7. The fraction of sp³-hybridized carbons (Fsp3) is 0.571. The van der Waals surface area contributed by atoms with E-state index in [0.717, 1.165) is 6.26 Å². The van der Waals surface area contributed by atoms with Crippen LogP contribution >= 0.6 is 0 Å². The summed E-state index contributed by atoms with van der Waals surface area (Å²) in [4.78, 5) is 0.199. The number of halogens is 3. The average Bonchev–Trinajstić information content (AvgIpc) is 2.37. The van der Waals surface area contributed by atoms with Crippen LogP contribution in [0.3, 0.4) is 0 Å². The fourth-order valence-electron chi connectivity index (χ4n) is 2.65. The Hall–Kier alpha value is -1.24. The highest BCUT2D eigenvalue weighted by molar-refractivity contribution is 7.90. The Morgan fingerprint density at radius 1 is 1.14 bits per heavy atom. The number of anilines is 1. The predicted molar refractivity (Wildman–Crippen MR) is 75.0 cm³/mol. The normalized spacial score (nSPS) is 23.8. The van der Waals surface area contributed by atoms with Crippen LogP contribution in [0.5, 0.6) is 0 Å². The van der Waals surface area contributed by atoms with Gasteiger partial charge in [0.05, 0.1) is 10.8 Å². The quantitative estimate of drug-likeness (QED) is 0.925. The van der Waals surface area contributed by atoms with E-state index < -0.39 is 21.9 Å². The molecular weight excluding hydrogens is 303 g/mol. The number of alkyl halides is 3. The second-order valence-electron chi connectivity index (χ2n) is 5.54. The molecule has 1 saturated carbocycles. The van der Waals surface area contributed by atoms with Gasteiger partial charge in [0, 0.05) is 18.0 Å². The topological polar surface area (TPSA) is 46.2 Å². The van der Waals surface area contributed by atoms with Gasteiger partial charge in [-0.15, -0.1) is 0 Å². The van der Waals surface area contributed by atoms with Crippen molar-refractivity contribution in [2.24, 2.45) is 5.92 Å². The van der Waals surface area contributed by atoms with Gasteiger partial charge in [0.2, 0.25) is 0 Å². The van der Waals surface area contributed by atoms with Crippen LogP contribution in [0.25, 0.3) is 0 Å². The van der Waals surface area contributed by atoms with Crippen molar-refractivity contribution in [3.63, 3.8) is 0 Å². The van der Waals surface area contributed by atoms with Crippen LogP contribution < -0.4 is 5.32 Å². The molecule has 0 radical (unpaired) electrons. The van der Waals surface area contributed by atoms with Crippen molar-refractivity contribution in [2.75, 3.05) is 11.6 Å². The molecule has 1 aromatic rings. The molecule has 1 aliphatic rings. The molecule has 7 heteroatoms. The maximum absolute atomic E-state index is 12.7. The van der Waals surface area contributed by atoms with Crippen LogP contribution in [0.1, 0.15) is 25.7 Å². The van der Waals surface area contributed by atoms with Crippen molar-refractivity contribution in [1.29, 1.82) is 0 Å². The average molecular weight is 321 g/mol. The lowest BCUT2D eigenvalue weighted by Crippen LogP contribution is -2.34. The molecule has 2 atom stereocenters. The molecule has 0 heterocycles. The second-order valence-corrected chi connectivity index (χ2v) is 7.56. The largest absolute Gasteiger partial charge is 0.391 e. The monoisotopic (exact) mass is 321 g/mol. The third-order valence-electron chi connectivity index (χ3n) is 3.79. The minimum absolute atomic E-state index is 0.0668. The number of nitrogens with one attached hydrogen (secondary N) is 1. The first-order valence-electron chi connectivity index (χ1n) is 6.79. The number of hydrogen-bond donors (Lipinski definition) is 1. The minimum atomic E-state index is -4.14. The smallest absolute Gasteiger partial charge is 0.382 e. The van der Waals surface area contributed by atoms with Crippen LogP contribution in [0.15, 0.2) is 29.2 Å². The van der Waals surface area contributed by atoms with Gasteiger partial charge in [-0.05, 0) is 43.5 Å². The molecule has 2 unspecified atom stereocenters. The van der Waals surface area contributed by atoms with Crippen molar-refractivity contribution in [3.05, 3.63) is 24.3 Å². The first-order valence-corrected chi connectivity index (χ1v) is 8.69. The zero-order valence-corrected chi connectivity index (χ0v) is 12.5. The number of sulfone groups is 1. The molecule has 1 N–H and O–H groups in total. The summed E-state index contributed by atoms with van der Waals surface area (Å²) < 4.78 is 60.9. The van der Waals surface area contributed by atoms with Gasteiger partial charge in [-0.25, -0.2) is 8.42 Å². The van der Waals surface area contributed by atoms with E-state index in [1.165, 1.54) is 12.1 Å². The summed E-state index contributed by atoms with van der Waals surface area (Å²) >= 11 is 0. The standard InChI is InChI=1S/C14H18F3NO2S/c1-21(19,20)13-7-5-11(6-8-13)18-12-4-2-3-10(9-12)14(15,16)17/h5-8,10,12,18H,2-4,9H2,1H3. The van der Waals surface area contributed by atoms with Crippen LogP contribution in [0.4, 0.5) is 18.9 Å². The molecule has 0 amide bonds. The fourth-order valence-corrected chi connectivity index (χ4v) is 3.28. The van der Waals surface area contributed by atoms with Gasteiger partial charge >= 0.3 is 6.18 Å². The van der Waals surface area contributed by atoms with Crippen LogP contribution in [0, 0.1) is 5.92 Å². The molecule has 0 aromatic heterocycles. The molecule has 0 spiro atoms. The molecule has 1 fully saturated rings. The van der Waals surface area contributed by atoms with E-state index in [4.69, 9.17) is 0 Å². The Kier molecular flexibility index (Phi) is 4.51. The highest BCUT2D eigenvalue weighted by Gasteiger charge is 2.42. The van der Waals surface area contributed by atoms with E-state index in [-0.39, 0.29) is 23.8 Å². The Bertz CT molecular complexity index is 581. The van der Waals surface area contributed by atoms with E-state index in [1.807, 2.05) is 0 Å². The summed E-state index contributed by atoms with van der Waals surface area (Å²) in [6, 6.07) is 5.87. The van der Waals surface area contributed by atoms with Gasteiger partial charge in [0.15, 0.2) is 9.84 Å². The first kappa shape index (κ1) is 16.1. The first-order chi connectivity index (χ1) is 9.66. The minimum Gasteiger partial charge on any atom is -0.382 e. The highest BCUT2D eigenvalue weighted by Crippen LogP contribution is 2.38. The molecule has 21 heavy (non-hydrogen) atoms. The molecule has 2 rings (SSSR count). The van der Waals surface area contributed by atoms with Gasteiger partial charge in [-0.2, -0.15) is 13.2 Å². The molecule has 0 aliphatic heterocycles. The Morgan fingerprint density at radius 3 is 2.29 bits per heavy atom. The van der Waals surface area contributed by atoms with Crippen molar-refractivity contribution >= 4 is 15.5 Å². The Labute approximate surface area is 122 Å². The van der Waals surface area contributed by atoms with E-state index in [2.05, 4.69) is 5.32 Å². The van der Waals surface area contributed by atoms with Crippen LogP contribution in [0.2, 0.25) is 0 Å². The van der Waals surface area contributed by atoms with Crippen LogP contribution in [-0.4, -0.2) is 26.9 Å². The van der Waals surface area contributed by atoms with Crippen molar-refractivity contribution in [3.8, 4) is 0 Å². The second kappa shape index (κ2) is 5.87. The van der Waals surface area contributed by atoms with E-state index in [0.29, 0.717) is 18.5 Å².